The van der Waals surface area contributed by atoms with Crippen LogP contribution in [-0.4, -0.2) is 24.9 Å². The lowest BCUT2D eigenvalue weighted by molar-refractivity contribution is -0.120. The van der Waals surface area contributed by atoms with E-state index in [9.17, 15) is 9.59 Å². The van der Waals surface area contributed by atoms with Crippen molar-refractivity contribution in [2.24, 2.45) is 4.99 Å². The molecule has 0 spiro atoms. The van der Waals surface area contributed by atoms with Crippen LogP contribution in [0, 0.1) is 0 Å². The Hall–Kier alpha value is -3.15. The summed E-state index contributed by atoms with van der Waals surface area (Å²) >= 11 is 0. The zero-order valence-electron chi connectivity index (χ0n) is 14.8. The normalized spacial score (nSPS) is 16.5. The van der Waals surface area contributed by atoms with Crippen LogP contribution in [0.15, 0.2) is 53.5 Å². The Morgan fingerprint density at radius 3 is 2.73 bits per heavy atom. The smallest absolute Gasteiger partial charge is 0.258 e. The van der Waals surface area contributed by atoms with Gasteiger partial charge in [0.15, 0.2) is 0 Å². The van der Waals surface area contributed by atoms with E-state index in [0.717, 1.165) is 12.0 Å². The number of nitrogens with one attached hydrogen (secondary N) is 2. The van der Waals surface area contributed by atoms with Gasteiger partial charge in [0, 0.05) is 5.56 Å². The van der Waals surface area contributed by atoms with Crippen LogP contribution < -0.4 is 15.4 Å². The Kier molecular flexibility index (Phi) is 5.31. The van der Waals surface area contributed by atoms with E-state index < -0.39 is 0 Å². The van der Waals surface area contributed by atoms with Crippen molar-refractivity contribution in [1.29, 1.82) is 0 Å². The van der Waals surface area contributed by atoms with Gasteiger partial charge in [0.2, 0.25) is 11.9 Å². The number of guanidine groups is 1. The molecule has 1 aliphatic rings. The van der Waals surface area contributed by atoms with E-state index in [1.54, 1.807) is 24.3 Å². The number of carbonyl (C=O) groups excluding carboxylic acids is 2. The van der Waals surface area contributed by atoms with E-state index in [4.69, 9.17) is 4.74 Å². The Bertz CT molecular complexity index is 844. The fourth-order valence-corrected chi connectivity index (χ4v) is 2.77. The fourth-order valence-electron chi connectivity index (χ4n) is 2.77. The highest BCUT2D eigenvalue weighted by molar-refractivity contribution is 6.10. The van der Waals surface area contributed by atoms with Crippen molar-refractivity contribution in [3.63, 3.8) is 0 Å². The van der Waals surface area contributed by atoms with Crippen molar-refractivity contribution in [1.82, 2.24) is 10.6 Å². The maximum absolute atomic E-state index is 12.4. The van der Waals surface area contributed by atoms with Gasteiger partial charge in [0.05, 0.1) is 19.6 Å². The monoisotopic (exact) mass is 351 g/mol. The number of hydrogen-bond donors (Lipinski definition) is 2. The highest BCUT2D eigenvalue weighted by Gasteiger charge is 2.23. The molecule has 1 aliphatic heterocycles. The van der Waals surface area contributed by atoms with Gasteiger partial charge in [-0.3, -0.25) is 20.2 Å². The predicted octanol–water partition coefficient (Wildman–Crippen LogP) is 2.60. The van der Waals surface area contributed by atoms with Crippen LogP contribution in [0.5, 0.6) is 5.75 Å². The van der Waals surface area contributed by atoms with Gasteiger partial charge in [-0.1, -0.05) is 37.3 Å². The molecule has 0 saturated heterocycles. The van der Waals surface area contributed by atoms with E-state index in [-0.39, 0.29) is 30.2 Å². The molecule has 2 aromatic carbocycles. The third-order valence-electron chi connectivity index (χ3n) is 4.26. The molecule has 134 valence electrons. The largest absolute Gasteiger partial charge is 0.497 e. The maximum Gasteiger partial charge on any atom is 0.258 e. The molecule has 1 atom stereocenters. The number of benzene rings is 2. The molecule has 2 N–H and O–H groups in total. The Labute approximate surface area is 152 Å². The first kappa shape index (κ1) is 17.7. The molecule has 0 fully saturated rings. The van der Waals surface area contributed by atoms with Crippen LogP contribution in [0.2, 0.25) is 0 Å². The summed E-state index contributed by atoms with van der Waals surface area (Å²) in [5.41, 5.74) is 2.60. The molecule has 6 heteroatoms. The SMILES string of the molecule is CCc1ccc(C2CC(=O)NC(NC(=O)c3cccc(OC)c3)=N2)cc1. The molecular formula is C20H21N3O3. The third kappa shape index (κ3) is 4.08. The molecule has 0 saturated carbocycles. The Morgan fingerprint density at radius 1 is 1.27 bits per heavy atom. The molecular weight excluding hydrogens is 330 g/mol. The quantitative estimate of drug-likeness (QED) is 0.889. The first-order chi connectivity index (χ1) is 12.6. The molecule has 6 nitrogen and oxygen atoms in total. The topological polar surface area (TPSA) is 79.8 Å². The van der Waals surface area contributed by atoms with Gasteiger partial charge in [-0.05, 0) is 35.7 Å². The number of amides is 2. The highest BCUT2D eigenvalue weighted by atomic mass is 16.5. The number of hydrogen-bond acceptors (Lipinski definition) is 4. The second-order valence-electron chi connectivity index (χ2n) is 6.03. The van der Waals surface area contributed by atoms with E-state index in [1.807, 2.05) is 24.3 Å². The maximum atomic E-state index is 12.4. The first-order valence-corrected chi connectivity index (χ1v) is 8.51. The minimum atomic E-state index is -0.357. The van der Waals surface area contributed by atoms with Crippen LogP contribution in [0.4, 0.5) is 0 Å². The van der Waals surface area contributed by atoms with Crippen LogP contribution >= 0.6 is 0 Å². The van der Waals surface area contributed by atoms with E-state index in [1.165, 1.54) is 12.7 Å². The van der Waals surface area contributed by atoms with Crippen molar-refractivity contribution in [3.8, 4) is 5.75 Å². The number of aryl methyl sites for hydroxylation is 1. The molecule has 0 aromatic heterocycles. The summed E-state index contributed by atoms with van der Waals surface area (Å²) < 4.78 is 5.13. The summed E-state index contributed by atoms with van der Waals surface area (Å²) in [6.45, 7) is 2.09. The summed E-state index contributed by atoms with van der Waals surface area (Å²) in [6, 6.07) is 14.5. The Morgan fingerprint density at radius 2 is 2.04 bits per heavy atom. The molecule has 0 bridgehead atoms. The van der Waals surface area contributed by atoms with Gasteiger partial charge in [0.1, 0.15) is 5.75 Å². The van der Waals surface area contributed by atoms with Crippen LogP contribution in [0.25, 0.3) is 0 Å². The van der Waals surface area contributed by atoms with E-state index in [0.29, 0.717) is 11.3 Å². The number of methoxy groups -OCH3 is 1. The standard InChI is InChI=1S/C20H21N3O3/c1-3-13-7-9-14(10-8-13)17-12-18(24)22-20(21-17)23-19(25)15-5-4-6-16(11-15)26-2/h4-11,17H,3,12H2,1-2H3,(H2,21,22,23,24,25). The number of carbonyl (C=O) groups is 2. The van der Waals surface area contributed by atoms with Gasteiger partial charge in [-0.15, -0.1) is 0 Å². The van der Waals surface area contributed by atoms with Crippen molar-refractivity contribution in [2.75, 3.05) is 7.11 Å². The summed E-state index contributed by atoms with van der Waals surface area (Å²) in [5, 5.41) is 5.28. The second-order valence-corrected chi connectivity index (χ2v) is 6.03. The molecule has 2 aromatic rings. The lowest BCUT2D eigenvalue weighted by Crippen LogP contribution is -2.47. The van der Waals surface area contributed by atoms with Crippen molar-refractivity contribution in [3.05, 3.63) is 65.2 Å². The minimum Gasteiger partial charge on any atom is -0.497 e. The second kappa shape index (κ2) is 7.82. The van der Waals surface area contributed by atoms with Gasteiger partial charge >= 0.3 is 0 Å². The van der Waals surface area contributed by atoms with Crippen molar-refractivity contribution >= 4 is 17.8 Å². The van der Waals surface area contributed by atoms with Crippen LogP contribution in [0.1, 0.15) is 40.9 Å². The minimum absolute atomic E-state index is 0.165. The van der Waals surface area contributed by atoms with Gasteiger partial charge in [0.25, 0.3) is 5.91 Å². The van der Waals surface area contributed by atoms with Crippen LogP contribution in [-0.2, 0) is 11.2 Å². The summed E-state index contributed by atoms with van der Waals surface area (Å²) in [4.78, 5) is 28.9. The summed E-state index contributed by atoms with van der Waals surface area (Å²) in [5.74, 6) is 0.218. The Balaban J connectivity index is 1.78. The number of aliphatic imine (C=N–C) groups is 1. The van der Waals surface area contributed by atoms with Gasteiger partial charge < -0.3 is 4.74 Å². The molecule has 1 heterocycles. The van der Waals surface area contributed by atoms with Crippen molar-refractivity contribution in [2.45, 2.75) is 25.8 Å². The first-order valence-electron chi connectivity index (χ1n) is 8.51. The lowest BCUT2D eigenvalue weighted by atomic mass is 10.0. The number of nitrogens with zero attached hydrogens (tertiary/aromatic N) is 1. The van der Waals surface area contributed by atoms with Crippen molar-refractivity contribution < 1.29 is 14.3 Å². The number of ether oxygens (including phenoxy) is 1. The molecule has 0 aliphatic carbocycles. The predicted molar refractivity (Wildman–Crippen MR) is 99.2 cm³/mol. The highest BCUT2D eigenvalue weighted by Crippen LogP contribution is 2.24. The zero-order chi connectivity index (χ0) is 18.5. The molecule has 26 heavy (non-hydrogen) atoms. The van der Waals surface area contributed by atoms with E-state index >= 15 is 0 Å². The van der Waals surface area contributed by atoms with Gasteiger partial charge in [-0.25, -0.2) is 4.99 Å². The molecule has 1 unspecified atom stereocenters. The molecule has 3 rings (SSSR count). The zero-order valence-corrected chi connectivity index (χ0v) is 14.8. The lowest BCUT2D eigenvalue weighted by Gasteiger charge is -2.21. The van der Waals surface area contributed by atoms with Crippen LogP contribution in [0.3, 0.4) is 0 Å². The van der Waals surface area contributed by atoms with Gasteiger partial charge in [-0.2, -0.15) is 0 Å². The summed E-state index contributed by atoms with van der Waals surface area (Å²) in [6.07, 6.45) is 1.21. The third-order valence-corrected chi connectivity index (χ3v) is 4.26. The molecule has 0 radical (unpaired) electrons. The average molecular weight is 351 g/mol. The fraction of sp³-hybridized carbons (Fsp3) is 0.250. The summed E-state index contributed by atoms with van der Waals surface area (Å²) in [7, 11) is 1.54. The molecule has 2 amide bonds. The number of rotatable bonds is 4. The van der Waals surface area contributed by atoms with E-state index in [2.05, 4.69) is 22.5 Å². The average Bonchev–Trinajstić information content (AvgIpc) is 2.67.